The van der Waals surface area contributed by atoms with E-state index in [0.29, 0.717) is 11.5 Å². The summed E-state index contributed by atoms with van der Waals surface area (Å²) in [6.07, 6.45) is -0.670. The fourth-order valence-electron chi connectivity index (χ4n) is 1.15. The van der Waals surface area contributed by atoms with Gasteiger partial charge < -0.3 is 14.6 Å². The molecule has 3 nitrogen and oxygen atoms in total. The Balaban J connectivity index is 3.01. The molecule has 0 fully saturated rings. The summed E-state index contributed by atoms with van der Waals surface area (Å²) < 4.78 is 10.2. The normalized spacial score (nSPS) is 12.3. The van der Waals surface area contributed by atoms with Gasteiger partial charge in [-0.25, -0.2) is 0 Å². The average molecular weight is 217 g/mol. The maximum atomic E-state index is 9.48. The Kier molecular flexibility index (Phi) is 4.04. The van der Waals surface area contributed by atoms with Crippen molar-refractivity contribution in [1.82, 2.24) is 0 Å². The van der Waals surface area contributed by atoms with Crippen molar-refractivity contribution in [2.45, 2.75) is 6.10 Å². The van der Waals surface area contributed by atoms with Crippen molar-refractivity contribution in [1.29, 1.82) is 0 Å². The molecule has 0 amide bonds. The fourth-order valence-corrected chi connectivity index (χ4v) is 1.33. The van der Waals surface area contributed by atoms with E-state index in [4.69, 9.17) is 21.1 Å². The molecule has 0 heterocycles. The van der Waals surface area contributed by atoms with E-state index in [2.05, 4.69) is 0 Å². The van der Waals surface area contributed by atoms with Crippen LogP contribution in [0.4, 0.5) is 0 Å². The van der Waals surface area contributed by atoms with Gasteiger partial charge in [0, 0.05) is 0 Å². The van der Waals surface area contributed by atoms with Crippen molar-refractivity contribution in [2.24, 2.45) is 0 Å². The second kappa shape index (κ2) is 5.08. The van der Waals surface area contributed by atoms with Crippen LogP contribution in [0.2, 0.25) is 0 Å². The zero-order chi connectivity index (χ0) is 10.6. The first-order valence-corrected chi connectivity index (χ1v) is 4.72. The minimum absolute atomic E-state index is 0.162. The molecule has 78 valence electrons. The van der Waals surface area contributed by atoms with Gasteiger partial charge in [0.25, 0.3) is 0 Å². The molecular weight excluding hydrogens is 204 g/mol. The van der Waals surface area contributed by atoms with Crippen molar-refractivity contribution in [3.05, 3.63) is 23.8 Å². The number of benzene rings is 1. The number of hydrogen-bond donors (Lipinski definition) is 1. The van der Waals surface area contributed by atoms with Crippen LogP contribution < -0.4 is 9.47 Å². The molecule has 1 aromatic carbocycles. The van der Waals surface area contributed by atoms with E-state index in [9.17, 15) is 5.11 Å². The van der Waals surface area contributed by atoms with E-state index in [1.807, 2.05) is 0 Å². The van der Waals surface area contributed by atoms with Gasteiger partial charge >= 0.3 is 0 Å². The minimum atomic E-state index is -0.670. The summed E-state index contributed by atoms with van der Waals surface area (Å²) in [7, 11) is 3.12. The Bertz CT molecular complexity index is 301. The smallest absolute Gasteiger partial charge is 0.161 e. The van der Waals surface area contributed by atoms with Crippen LogP contribution in [0, 0.1) is 0 Å². The van der Waals surface area contributed by atoms with Crippen LogP contribution in [0.3, 0.4) is 0 Å². The van der Waals surface area contributed by atoms with Crippen LogP contribution in [0.25, 0.3) is 0 Å². The molecule has 1 atom stereocenters. The molecule has 0 aliphatic rings. The summed E-state index contributed by atoms with van der Waals surface area (Å²) >= 11 is 5.53. The van der Waals surface area contributed by atoms with Crippen LogP contribution in [0.1, 0.15) is 11.7 Å². The van der Waals surface area contributed by atoms with Gasteiger partial charge in [-0.3, -0.25) is 0 Å². The van der Waals surface area contributed by atoms with Gasteiger partial charge in [0.1, 0.15) is 0 Å². The second-order valence-corrected chi connectivity index (χ2v) is 3.09. The van der Waals surface area contributed by atoms with Gasteiger partial charge in [0.2, 0.25) is 0 Å². The lowest BCUT2D eigenvalue weighted by molar-refractivity contribution is 0.202. The number of halogens is 1. The highest BCUT2D eigenvalue weighted by atomic mass is 35.5. The summed E-state index contributed by atoms with van der Waals surface area (Å²) in [6, 6.07) is 5.21. The Hall–Kier alpha value is -0.930. The van der Waals surface area contributed by atoms with Gasteiger partial charge in [-0.15, -0.1) is 11.6 Å². The van der Waals surface area contributed by atoms with E-state index in [1.54, 1.807) is 32.4 Å². The molecule has 0 aliphatic heterocycles. The van der Waals surface area contributed by atoms with E-state index < -0.39 is 6.10 Å². The molecule has 0 aliphatic carbocycles. The third-order valence-electron chi connectivity index (χ3n) is 1.94. The van der Waals surface area contributed by atoms with Crippen molar-refractivity contribution < 1.29 is 14.6 Å². The van der Waals surface area contributed by atoms with Gasteiger partial charge in [0.05, 0.1) is 26.2 Å². The van der Waals surface area contributed by atoms with Crippen molar-refractivity contribution in [3.63, 3.8) is 0 Å². The number of rotatable bonds is 4. The van der Waals surface area contributed by atoms with E-state index >= 15 is 0 Å². The lowest BCUT2D eigenvalue weighted by Crippen LogP contribution is -2.00. The standard InChI is InChI=1S/C10H13ClO3/c1-13-9-4-3-7(8(12)6-11)5-10(9)14-2/h3-5,8,12H,6H2,1-2H3/t8-/m0/s1. The van der Waals surface area contributed by atoms with Crippen LogP contribution in [-0.2, 0) is 0 Å². The molecule has 0 saturated carbocycles. The second-order valence-electron chi connectivity index (χ2n) is 2.78. The Morgan fingerprint density at radius 3 is 2.43 bits per heavy atom. The first-order chi connectivity index (χ1) is 6.72. The van der Waals surface area contributed by atoms with E-state index in [0.717, 1.165) is 5.56 Å². The number of methoxy groups -OCH3 is 2. The molecular formula is C10H13ClO3. The van der Waals surface area contributed by atoms with Gasteiger partial charge in [-0.1, -0.05) is 6.07 Å². The van der Waals surface area contributed by atoms with Gasteiger partial charge in [-0.05, 0) is 17.7 Å². The molecule has 0 unspecified atom stereocenters. The topological polar surface area (TPSA) is 38.7 Å². The number of hydrogen-bond acceptors (Lipinski definition) is 3. The first kappa shape index (κ1) is 11.1. The summed E-state index contributed by atoms with van der Waals surface area (Å²) in [5, 5.41) is 9.48. The Morgan fingerprint density at radius 2 is 1.93 bits per heavy atom. The number of aliphatic hydroxyl groups excluding tert-OH is 1. The van der Waals surface area contributed by atoms with Crippen LogP contribution in [0.5, 0.6) is 11.5 Å². The average Bonchev–Trinajstić information content (AvgIpc) is 2.26. The van der Waals surface area contributed by atoms with Crippen molar-refractivity contribution in [2.75, 3.05) is 20.1 Å². The molecule has 0 bridgehead atoms. The summed E-state index contributed by atoms with van der Waals surface area (Å²) in [5.74, 6) is 1.39. The predicted octanol–water partition coefficient (Wildman–Crippen LogP) is 1.98. The molecule has 0 aromatic heterocycles. The molecule has 4 heteroatoms. The number of alkyl halides is 1. The van der Waals surface area contributed by atoms with Crippen molar-refractivity contribution >= 4 is 11.6 Å². The summed E-state index contributed by atoms with van der Waals surface area (Å²) in [4.78, 5) is 0. The van der Waals surface area contributed by atoms with E-state index in [-0.39, 0.29) is 5.88 Å². The quantitative estimate of drug-likeness (QED) is 0.783. The first-order valence-electron chi connectivity index (χ1n) is 4.19. The van der Waals surface area contributed by atoms with Gasteiger partial charge in [-0.2, -0.15) is 0 Å². The molecule has 0 radical (unpaired) electrons. The van der Waals surface area contributed by atoms with E-state index in [1.165, 1.54) is 0 Å². The third-order valence-corrected chi connectivity index (χ3v) is 2.23. The molecule has 1 aromatic rings. The Labute approximate surface area is 88.2 Å². The zero-order valence-corrected chi connectivity index (χ0v) is 8.91. The molecule has 0 saturated heterocycles. The van der Waals surface area contributed by atoms with Crippen molar-refractivity contribution in [3.8, 4) is 11.5 Å². The lowest BCUT2D eigenvalue weighted by atomic mass is 10.1. The molecule has 1 N–H and O–H groups in total. The largest absolute Gasteiger partial charge is 0.493 e. The molecule has 14 heavy (non-hydrogen) atoms. The lowest BCUT2D eigenvalue weighted by Gasteiger charge is -2.11. The molecule has 1 rings (SSSR count). The Morgan fingerprint density at radius 1 is 1.29 bits per heavy atom. The monoisotopic (exact) mass is 216 g/mol. The highest BCUT2D eigenvalue weighted by molar-refractivity contribution is 6.18. The molecule has 0 spiro atoms. The SMILES string of the molecule is COc1ccc([C@@H](O)CCl)cc1OC. The maximum absolute atomic E-state index is 9.48. The predicted molar refractivity (Wildman–Crippen MR) is 55.2 cm³/mol. The third kappa shape index (κ3) is 2.30. The van der Waals surface area contributed by atoms with Gasteiger partial charge in [0.15, 0.2) is 11.5 Å². The number of ether oxygens (including phenoxy) is 2. The highest BCUT2D eigenvalue weighted by Crippen LogP contribution is 2.30. The zero-order valence-electron chi connectivity index (χ0n) is 8.16. The highest BCUT2D eigenvalue weighted by Gasteiger charge is 2.10. The maximum Gasteiger partial charge on any atom is 0.161 e. The van der Waals surface area contributed by atoms with Crippen LogP contribution in [-0.4, -0.2) is 25.2 Å². The van der Waals surface area contributed by atoms with Crippen LogP contribution >= 0.6 is 11.6 Å². The summed E-state index contributed by atoms with van der Waals surface area (Å²) in [6.45, 7) is 0. The minimum Gasteiger partial charge on any atom is -0.493 e. The number of aliphatic hydroxyl groups is 1. The summed E-state index contributed by atoms with van der Waals surface area (Å²) in [5.41, 5.74) is 0.720. The fraction of sp³-hybridized carbons (Fsp3) is 0.400. The van der Waals surface area contributed by atoms with Crippen LogP contribution in [0.15, 0.2) is 18.2 Å².